The number of H-pyrrole nitrogens is 1. The van der Waals surface area contributed by atoms with Crippen molar-refractivity contribution in [3.8, 4) is 5.75 Å². The number of hydrogen-bond acceptors (Lipinski definition) is 8. The standard InChI is InChI=1S/C20H18N6O6/c1-31-16(29)5-14(27)26-12-7-21-18-17(12)23-9-24-19(18)20(30)22-6-10-2-3-13-11(4-10)25-15(28)8-32-13/h2-4,7,9,21H,5-6,8H2,1H3,(H,22,30)(H,25,28)(H,26,27). The maximum absolute atomic E-state index is 12.7. The second-order valence-corrected chi connectivity index (χ2v) is 6.80. The summed E-state index contributed by atoms with van der Waals surface area (Å²) in [7, 11) is 1.19. The number of fused-ring (bicyclic) bond motifs is 2. The summed E-state index contributed by atoms with van der Waals surface area (Å²) in [5.74, 6) is -1.41. The molecule has 0 saturated heterocycles. The first-order chi connectivity index (χ1) is 15.4. The van der Waals surface area contributed by atoms with Crippen molar-refractivity contribution in [1.82, 2.24) is 20.3 Å². The quantitative estimate of drug-likeness (QED) is 0.323. The van der Waals surface area contributed by atoms with Crippen LogP contribution in [-0.2, 0) is 25.7 Å². The van der Waals surface area contributed by atoms with Gasteiger partial charge in [0, 0.05) is 12.7 Å². The Labute approximate surface area is 180 Å². The van der Waals surface area contributed by atoms with Crippen molar-refractivity contribution in [3.05, 3.63) is 42.0 Å². The van der Waals surface area contributed by atoms with E-state index in [2.05, 4.69) is 35.6 Å². The number of rotatable bonds is 6. The second-order valence-electron chi connectivity index (χ2n) is 6.80. The Bertz CT molecular complexity index is 1240. The van der Waals surface area contributed by atoms with Crippen LogP contribution in [0, 0.1) is 0 Å². The number of nitrogens with one attached hydrogen (secondary N) is 4. The van der Waals surface area contributed by atoms with Crippen molar-refractivity contribution in [2.45, 2.75) is 13.0 Å². The van der Waals surface area contributed by atoms with E-state index in [1.54, 1.807) is 18.2 Å². The highest BCUT2D eigenvalue weighted by molar-refractivity contribution is 6.09. The predicted molar refractivity (Wildman–Crippen MR) is 111 cm³/mol. The zero-order valence-corrected chi connectivity index (χ0v) is 16.9. The summed E-state index contributed by atoms with van der Waals surface area (Å²) in [6, 6.07) is 5.20. The van der Waals surface area contributed by atoms with Gasteiger partial charge >= 0.3 is 5.97 Å². The van der Waals surface area contributed by atoms with E-state index in [0.29, 0.717) is 28.2 Å². The number of esters is 1. The van der Waals surface area contributed by atoms with Crippen LogP contribution in [0.4, 0.5) is 11.4 Å². The SMILES string of the molecule is COC(=O)CC(=O)Nc1c[nH]c2c(C(=O)NCc3ccc4c(c3)NC(=O)CO4)ncnc12. The number of carbonyl (C=O) groups is 4. The van der Waals surface area contributed by atoms with Crippen molar-refractivity contribution in [1.29, 1.82) is 0 Å². The van der Waals surface area contributed by atoms with Gasteiger partial charge in [0.1, 0.15) is 24.0 Å². The van der Waals surface area contributed by atoms with Gasteiger partial charge < -0.3 is 30.4 Å². The van der Waals surface area contributed by atoms with E-state index in [1.807, 2.05) is 0 Å². The number of ether oxygens (including phenoxy) is 2. The zero-order chi connectivity index (χ0) is 22.7. The van der Waals surface area contributed by atoms with Gasteiger partial charge in [0.15, 0.2) is 12.3 Å². The first kappa shape index (κ1) is 20.8. The molecular formula is C20H18N6O6. The second kappa shape index (κ2) is 8.71. The molecule has 0 unspecified atom stereocenters. The predicted octanol–water partition coefficient (Wildman–Crippen LogP) is 0.720. The summed E-state index contributed by atoms with van der Waals surface area (Å²) in [5, 5.41) is 8.02. The largest absolute Gasteiger partial charge is 0.482 e. The van der Waals surface area contributed by atoms with Crippen LogP contribution in [0.25, 0.3) is 11.0 Å². The summed E-state index contributed by atoms with van der Waals surface area (Å²) in [4.78, 5) is 58.4. The van der Waals surface area contributed by atoms with Crippen LogP contribution in [0.3, 0.4) is 0 Å². The molecule has 32 heavy (non-hydrogen) atoms. The molecule has 1 aliphatic heterocycles. The molecule has 1 aliphatic rings. The van der Waals surface area contributed by atoms with E-state index in [0.717, 1.165) is 5.56 Å². The summed E-state index contributed by atoms with van der Waals surface area (Å²) in [6.45, 7) is 0.144. The van der Waals surface area contributed by atoms with Crippen LogP contribution in [0.5, 0.6) is 5.75 Å². The van der Waals surface area contributed by atoms with Crippen LogP contribution in [-0.4, -0.2) is 52.4 Å². The summed E-state index contributed by atoms with van der Waals surface area (Å²) < 4.78 is 9.78. The molecule has 3 heterocycles. The molecule has 3 amide bonds. The molecule has 0 bridgehead atoms. The summed E-state index contributed by atoms with van der Waals surface area (Å²) in [5.41, 5.74) is 2.31. The molecule has 4 N–H and O–H groups in total. The monoisotopic (exact) mass is 438 g/mol. The maximum Gasteiger partial charge on any atom is 0.315 e. The number of methoxy groups -OCH3 is 1. The third-order valence-corrected chi connectivity index (χ3v) is 4.61. The van der Waals surface area contributed by atoms with Gasteiger partial charge in [0.2, 0.25) is 5.91 Å². The fraction of sp³-hybridized carbons (Fsp3) is 0.200. The fourth-order valence-corrected chi connectivity index (χ4v) is 3.11. The van der Waals surface area contributed by atoms with Crippen LogP contribution in [0.15, 0.2) is 30.7 Å². The van der Waals surface area contributed by atoms with E-state index < -0.39 is 24.2 Å². The van der Waals surface area contributed by atoms with Crippen LogP contribution >= 0.6 is 0 Å². The minimum Gasteiger partial charge on any atom is -0.482 e. The lowest BCUT2D eigenvalue weighted by Crippen LogP contribution is -2.26. The lowest BCUT2D eigenvalue weighted by Gasteiger charge is -2.18. The van der Waals surface area contributed by atoms with E-state index >= 15 is 0 Å². The number of nitrogens with zero attached hydrogens (tertiary/aromatic N) is 2. The minimum atomic E-state index is -0.676. The van der Waals surface area contributed by atoms with Gasteiger partial charge in [0.25, 0.3) is 11.8 Å². The van der Waals surface area contributed by atoms with Crippen molar-refractivity contribution in [3.63, 3.8) is 0 Å². The molecular weight excluding hydrogens is 420 g/mol. The molecule has 0 saturated carbocycles. The average Bonchev–Trinajstić information content (AvgIpc) is 3.19. The third-order valence-electron chi connectivity index (χ3n) is 4.61. The normalized spacial score (nSPS) is 12.3. The lowest BCUT2D eigenvalue weighted by atomic mass is 10.1. The first-order valence-electron chi connectivity index (χ1n) is 9.47. The fourth-order valence-electron chi connectivity index (χ4n) is 3.11. The average molecular weight is 438 g/mol. The van der Waals surface area contributed by atoms with Gasteiger partial charge in [0.05, 0.1) is 24.0 Å². The van der Waals surface area contributed by atoms with E-state index in [9.17, 15) is 19.2 Å². The Morgan fingerprint density at radius 1 is 1.25 bits per heavy atom. The topological polar surface area (TPSA) is 164 Å². The van der Waals surface area contributed by atoms with Gasteiger partial charge in [-0.2, -0.15) is 0 Å². The Morgan fingerprint density at radius 3 is 2.91 bits per heavy atom. The lowest BCUT2D eigenvalue weighted by molar-refractivity contribution is -0.142. The highest BCUT2D eigenvalue weighted by atomic mass is 16.5. The Morgan fingerprint density at radius 2 is 2.09 bits per heavy atom. The van der Waals surface area contributed by atoms with E-state index in [-0.39, 0.29) is 24.8 Å². The van der Waals surface area contributed by atoms with E-state index in [4.69, 9.17) is 4.74 Å². The van der Waals surface area contributed by atoms with Crippen molar-refractivity contribution < 1.29 is 28.7 Å². The van der Waals surface area contributed by atoms with Gasteiger partial charge in [-0.25, -0.2) is 9.97 Å². The van der Waals surface area contributed by atoms with Crippen molar-refractivity contribution >= 4 is 46.1 Å². The number of carbonyl (C=O) groups excluding carboxylic acids is 4. The number of aromatic nitrogens is 3. The smallest absolute Gasteiger partial charge is 0.315 e. The summed E-state index contributed by atoms with van der Waals surface area (Å²) >= 11 is 0. The molecule has 1 aromatic carbocycles. The molecule has 0 aliphatic carbocycles. The minimum absolute atomic E-state index is 0.0337. The summed E-state index contributed by atoms with van der Waals surface area (Å²) in [6.07, 6.45) is 2.21. The molecule has 0 atom stereocenters. The number of amides is 3. The first-order valence-corrected chi connectivity index (χ1v) is 9.47. The molecule has 0 radical (unpaired) electrons. The Kier molecular flexibility index (Phi) is 5.66. The molecule has 164 valence electrons. The molecule has 3 aromatic rings. The molecule has 12 heteroatoms. The highest BCUT2D eigenvalue weighted by Gasteiger charge is 2.19. The van der Waals surface area contributed by atoms with Crippen LogP contribution < -0.4 is 20.7 Å². The number of aromatic amines is 1. The molecule has 12 nitrogen and oxygen atoms in total. The molecule has 0 spiro atoms. The van der Waals surface area contributed by atoms with Gasteiger partial charge in [-0.05, 0) is 17.7 Å². The number of hydrogen-bond donors (Lipinski definition) is 4. The molecule has 2 aromatic heterocycles. The van der Waals surface area contributed by atoms with Crippen LogP contribution in [0.2, 0.25) is 0 Å². The van der Waals surface area contributed by atoms with E-state index in [1.165, 1.54) is 19.6 Å². The Balaban J connectivity index is 1.47. The Hall–Kier alpha value is -4.48. The van der Waals surface area contributed by atoms with Crippen LogP contribution in [0.1, 0.15) is 22.5 Å². The van der Waals surface area contributed by atoms with Crippen molar-refractivity contribution in [2.75, 3.05) is 24.4 Å². The van der Waals surface area contributed by atoms with Gasteiger partial charge in [-0.3, -0.25) is 19.2 Å². The number of anilines is 2. The third kappa shape index (κ3) is 4.33. The highest BCUT2D eigenvalue weighted by Crippen LogP contribution is 2.28. The van der Waals surface area contributed by atoms with Gasteiger partial charge in [-0.1, -0.05) is 6.07 Å². The molecule has 0 fully saturated rings. The zero-order valence-electron chi connectivity index (χ0n) is 16.9. The number of benzene rings is 1. The maximum atomic E-state index is 12.7. The molecule has 4 rings (SSSR count). The van der Waals surface area contributed by atoms with Crippen molar-refractivity contribution in [2.24, 2.45) is 0 Å². The van der Waals surface area contributed by atoms with Gasteiger partial charge in [-0.15, -0.1) is 0 Å².